The number of nitrogens with one attached hydrogen (secondary N) is 1. The lowest BCUT2D eigenvalue weighted by molar-refractivity contribution is -0.142. The van der Waals surface area contributed by atoms with Gasteiger partial charge in [0.05, 0.1) is 18.3 Å². The van der Waals surface area contributed by atoms with Crippen LogP contribution in [0.2, 0.25) is 4.34 Å². The molecule has 33 heavy (non-hydrogen) atoms. The Balaban J connectivity index is 1.57. The number of halogens is 6. The van der Waals surface area contributed by atoms with Crippen LogP contribution in [0.5, 0.6) is 0 Å². The number of amides is 1. The van der Waals surface area contributed by atoms with Crippen molar-refractivity contribution in [2.45, 2.75) is 43.8 Å². The summed E-state index contributed by atoms with van der Waals surface area (Å²) in [5.74, 6) is -4.71. The number of carbonyl (C=O) groups excluding carboxylic acids is 1. The summed E-state index contributed by atoms with van der Waals surface area (Å²) < 4.78 is 66.7. The summed E-state index contributed by atoms with van der Waals surface area (Å²) in [6.07, 6.45) is -0.926. The van der Waals surface area contributed by atoms with Crippen molar-refractivity contribution < 1.29 is 26.7 Å². The van der Waals surface area contributed by atoms with Crippen LogP contribution in [0.1, 0.15) is 30.7 Å². The monoisotopic (exact) mass is 504 g/mol. The molecule has 4 rings (SSSR count). The van der Waals surface area contributed by atoms with Crippen LogP contribution in [0.3, 0.4) is 0 Å². The fourth-order valence-electron chi connectivity index (χ4n) is 4.07. The number of aromatic nitrogens is 3. The molecule has 1 aliphatic rings. The lowest BCUT2D eigenvalue weighted by atomic mass is 9.83. The molecule has 1 aromatic carbocycles. The molecule has 2 aromatic heterocycles. The van der Waals surface area contributed by atoms with Crippen molar-refractivity contribution >= 4 is 34.0 Å². The van der Waals surface area contributed by atoms with Gasteiger partial charge in [0.15, 0.2) is 5.13 Å². The van der Waals surface area contributed by atoms with Crippen LogP contribution in [0.15, 0.2) is 42.9 Å². The molecule has 2 heterocycles. The van der Waals surface area contributed by atoms with Crippen LogP contribution in [0.25, 0.3) is 11.1 Å². The summed E-state index contributed by atoms with van der Waals surface area (Å²) >= 11 is 6.92. The molecule has 0 bridgehead atoms. The fraction of sp³-hybridized carbons (Fsp3) is 0.381. The van der Waals surface area contributed by atoms with Crippen molar-refractivity contribution in [1.82, 2.24) is 14.8 Å². The van der Waals surface area contributed by atoms with E-state index in [1.54, 1.807) is 24.3 Å². The van der Waals surface area contributed by atoms with E-state index in [0.717, 1.165) is 16.0 Å². The normalized spacial score (nSPS) is 18.9. The third kappa shape index (κ3) is 5.89. The van der Waals surface area contributed by atoms with Crippen molar-refractivity contribution in [3.8, 4) is 11.1 Å². The van der Waals surface area contributed by atoms with E-state index in [9.17, 15) is 26.7 Å². The Bertz CT molecular complexity index is 1130. The molecule has 1 fully saturated rings. The quantitative estimate of drug-likeness (QED) is 0.396. The number of thiazole rings is 1. The van der Waals surface area contributed by atoms with Crippen LogP contribution in [-0.4, -0.2) is 32.8 Å². The highest BCUT2D eigenvalue weighted by molar-refractivity contribution is 7.19. The van der Waals surface area contributed by atoms with E-state index in [1.807, 2.05) is 0 Å². The van der Waals surface area contributed by atoms with Crippen LogP contribution in [-0.2, 0) is 11.3 Å². The van der Waals surface area contributed by atoms with Crippen LogP contribution in [0.4, 0.5) is 27.1 Å². The first-order valence-electron chi connectivity index (χ1n) is 9.99. The maximum absolute atomic E-state index is 13.9. The topological polar surface area (TPSA) is 59.8 Å². The molecule has 3 aromatic rings. The Morgan fingerprint density at radius 2 is 1.97 bits per heavy atom. The standard InChI is InChI=1S/C21H18ClF5N4OS/c22-16-9-28-19(33-16)30-18(32)17(14-5-6-20(23,24)7-14)13-3-1-12(2-4-13)15-8-29-31(10-15)11-21(25,26)27/h1-4,8-10,14,17H,5-7,11H2,(H,28,30,32). The van der Waals surface area contributed by atoms with Gasteiger partial charge < -0.3 is 5.32 Å². The second kappa shape index (κ2) is 9.02. The summed E-state index contributed by atoms with van der Waals surface area (Å²) in [6.45, 7) is -1.20. The molecule has 0 radical (unpaired) electrons. The number of hydrogen-bond acceptors (Lipinski definition) is 4. The zero-order valence-electron chi connectivity index (χ0n) is 17.0. The van der Waals surface area contributed by atoms with Crippen molar-refractivity contribution in [1.29, 1.82) is 0 Å². The minimum absolute atomic E-state index is 0.190. The van der Waals surface area contributed by atoms with Gasteiger partial charge in [-0.2, -0.15) is 18.3 Å². The zero-order chi connectivity index (χ0) is 23.8. The number of alkyl halides is 5. The maximum atomic E-state index is 13.9. The Labute approximate surface area is 194 Å². The molecular formula is C21H18ClF5N4OS. The van der Waals surface area contributed by atoms with Gasteiger partial charge in [0, 0.05) is 24.6 Å². The largest absolute Gasteiger partial charge is 0.408 e. The Kier molecular flexibility index (Phi) is 6.45. The predicted octanol–water partition coefficient (Wildman–Crippen LogP) is 6.38. The number of rotatable bonds is 6. The summed E-state index contributed by atoms with van der Waals surface area (Å²) in [5, 5.41) is 6.65. The summed E-state index contributed by atoms with van der Waals surface area (Å²) in [6, 6.07) is 6.54. The SMILES string of the molecule is O=C(Nc1ncc(Cl)s1)C(c1ccc(-c2cnn(CC(F)(F)F)c2)cc1)C1CCC(F)(F)C1. The van der Waals surface area contributed by atoms with Gasteiger partial charge in [0.1, 0.15) is 10.9 Å². The first-order chi connectivity index (χ1) is 15.5. The minimum Gasteiger partial charge on any atom is -0.301 e. The van der Waals surface area contributed by atoms with Gasteiger partial charge in [0.2, 0.25) is 11.8 Å². The summed E-state index contributed by atoms with van der Waals surface area (Å²) in [5.41, 5.74) is 1.59. The molecule has 12 heteroatoms. The summed E-state index contributed by atoms with van der Waals surface area (Å²) in [7, 11) is 0. The third-order valence-corrected chi connectivity index (χ3v) is 6.51. The third-order valence-electron chi connectivity index (χ3n) is 5.48. The average molecular weight is 505 g/mol. The van der Waals surface area contributed by atoms with Crippen LogP contribution in [0, 0.1) is 5.92 Å². The van der Waals surface area contributed by atoms with Gasteiger partial charge >= 0.3 is 6.18 Å². The van der Waals surface area contributed by atoms with Crippen LogP contribution < -0.4 is 5.32 Å². The lowest BCUT2D eigenvalue weighted by Gasteiger charge is -2.23. The fourth-order valence-corrected chi connectivity index (χ4v) is 4.88. The predicted molar refractivity (Wildman–Crippen MR) is 115 cm³/mol. The Morgan fingerprint density at radius 3 is 2.55 bits per heavy atom. The lowest BCUT2D eigenvalue weighted by Crippen LogP contribution is -2.27. The van der Waals surface area contributed by atoms with Crippen molar-refractivity contribution in [3.05, 3.63) is 52.8 Å². The number of nitrogens with zero attached hydrogens (tertiary/aromatic N) is 3. The number of benzene rings is 1. The number of carbonyl (C=O) groups is 1. The smallest absolute Gasteiger partial charge is 0.301 e. The van der Waals surface area contributed by atoms with E-state index in [0.29, 0.717) is 21.0 Å². The maximum Gasteiger partial charge on any atom is 0.408 e. The molecule has 2 atom stereocenters. The molecule has 1 aliphatic carbocycles. The van der Waals surface area contributed by atoms with Gasteiger partial charge in [-0.25, -0.2) is 13.8 Å². The van der Waals surface area contributed by atoms with Gasteiger partial charge in [0.25, 0.3) is 0 Å². The molecule has 1 N–H and O–H groups in total. The number of anilines is 1. The Morgan fingerprint density at radius 1 is 1.24 bits per heavy atom. The van der Waals surface area contributed by atoms with Crippen molar-refractivity contribution in [3.63, 3.8) is 0 Å². The first kappa shape index (κ1) is 23.6. The van der Waals surface area contributed by atoms with E-state index in [4.69, 9.17) is 11.6 Å². The minimum atomic E-state index is -4.39. The molecule has 0 aliphatic heterocycles. The van der Waals surface area contributed by atoms with E-state index in [2.05, 4.69) is 15.4 Å². The van der Waals surface area contributed by atoms with Gasteiger partial charge in [-0.05, 0) is 23.5 Å². The highest BCUT2D eigenvalue weighted by Gasteiger charge is 2.45. The molecule has 5 nitrogen and oxygen atoms in total. The molecule has 0 spiro atoms. The highest BCUT2D eigenvalue weighted by atomic mass is 35.5. The average Bonchev–Trinajstić information content (AvgIpc) is 3.42. The van der Waals surface area contributed by atoms with Crippen molar-refractivity contribution in [2.75, 3.05) is 5.32 Å². The van der Waals surface area contributed by atoms with Gasteiger partial charge in [-0.15, -0.1) is 0 Å². The second-order valence-corrected chi connectivity index (χ2v) is 9.62. The zero-order valence-corrected chi connectivity index (χ0v) is 18.5. The molecule has 1 amide bonds. The van der Waals surface area contributed by atoms with E-state index in [-0.39, 0.29) is 18.0 Å². The van der Waals surface area contributed by atoms with Crippen LogP contribution >= 0.6 is 22.9 Å². The molecule has 2 unspecified atom stereocenters. The molecule has 176 valence electrons. The van der Waals surface area contributed by atoms with E-state index >= 15 is 0 Å². The molecular weight excluding hydrogens is 487 g/mol. The van der Waals surface area contributed by atoms with Crippen molar-refractivity contribution in [2.24, 2.45) is 5.92 Å². The van der Waals surface area contributed by atoms with E-state index < -0.39 is 42.8 Å². The Hall–Kier alpha value is -2.53. The highest BCUT2D eigenvalue weighted by Crippen LogP contribution is 2.46. The van der Waals surface area contributed by atoms with Gasteiger partial charge in [-0.1, -0.05) is 47.2 Å². The molecule has 1 saturated carbocycles. The number of hydrogen-bond donors (Lipinski definition) is 1. The van der Waals surface area contributed by atoms with E-state index in [1.165, 1.54) is 18.6 Å². The summed E-state index contributed by atoms with van der Waals surface area (Å²) in [4.78, 5) is 17.0. The van der Waals surface area contributed by atoms with Gasteiger partial charge in [-0.3, -0.25) is 9.48 Å². The first-order valence-corrected chi connectivity index (χ1v) is 11.2. The molecule has 0 saturated heterocycles. The second-order valence-electron chi connectivity index (χ2n) is 7.96.